The predicted octanol–water partition coefficient (Wildman–Crippen LogP) is 2.38. The summed E-state index contributed by atoms with van der Waals surface area (Å²) in [5, 5.41) is 3.56. The van der Waals surface area contributed by atoms with Crippen LogP contribution in [0.25, 0.3) is 0 Å². The van der Waals surface area contributed by atoms with Crippen LogP contribution >= 0.6 is 12.2 Å². The minimum Gasteiger partial charge on any atom is -0.389 e. The molecule has 1 aromatic rings. The number of benzene rings is 1. The normalized spacial score (nSPS) is 19.6. The van der Waals surface area contributed by atoms with Gasteiger partial charge in [0.2, 0.25) is 0 Å². The van der Waals surface area contributed by atoms with E-state index >= 15 is 0 Å². The Morgan fingerprint density at radius 2 is 2.32 bits per heavy atom. The molecular formula is C15H23N3S. The molecule has 1 aliphatic heterocycles. The molecule has 1 heterocycles. The zero-order valence-corrected chi connectivity index (χ0v) is 12.6. The Bertz CT molecular complexity index is 459. The highest BCUT2D eigenvalue weighted by molar-refractivity contribution is 7.80. The summed E-state index contributed by atoms with van der Waals surface area (Å²) < 4.78 is 0. The van der Waals surface area contributed by atoms with Gasteiger partial charge in [0.25, 0.3) is 0 Å². The molecule has 0 amide bonds. The largest absolute Gasteiger partial charge is 0.389 e. The highest BCUT2D eigenvalue weighted by Gasteiger charge is 2.21. The Balaban J connectivity index is 2.02. The van der Waals surface area contributed by atoms with E-state index in [4.69, 9.17) is 18.0 Å². The van der Waals surface area contributed by atoms with Crippen molar-refractivity contribution in [3.8, 4) is 0 Å². The van der Waals surface area contributed by atoms with E-state index in [0.717, 1.165) is 30.3 Å². The number of likely N-dealkylation sites (tertiary alicyclic amines) is 1. The maximum Gasteiger partial charge on any atom is 0.106 e. The molecule has 1 fully saturated rings. The van der Waals surface area contributed by atoms with E-state index in [1.807, 2.05) is 12.1 Å². The van der Waals surface area contributed by atoms with Crippen LogP contribution in [-0.2, 0) is 0 Å². The maximum absolute atomic E-state index is 5.79. The molecule has 0 aromatic heterocycles. The van der Waals surface area contributed by atoms with Gasteiger partial charge in [-0.05, 0) is 44.0 Å². The van der Waals surface area contributed by atoms with E-state index in [9.17, 15) is 0 Å². The highest BCUT2D eigenvalue weighted by atomic mass is 32.1. The number of para-hydroxylation sites is 1. The molecule has 1 aromatic carbocycles. The lowest BCUT2D eigenvalue weighted by Gasteiger charge is -2.18. The standard InChI is InChI=1S/C15H23N3S/c1-3-18-8-7-12(10-18)9-17-14-11(2)5-4-6-13(14)15(16)19/h4-6,12,17H,3,7-10H2,1-2H3,(H2,16,19). The molecule has 3 N–H and O–H groups in total. The number of thiocarbonyl (C=S) groups is 1. The molecule has 1 atom stereocenters. The van der Waals surface area contributed by atoms with E-state index in [-0.39, 0.29) is 0 Å². The molecule has 1 aliphatic rings. The summed E-state index contributed by atoms with van der Waals surface area (Å²) in [6.07, 6.45) is 1.27. The number of anilines is 1. The molecule has 0 saturated carbocycles. The van der Waals surface area contributed by atoms with Crippen molar-refractivity contribution in [1.82, 2.24) is 4.90 Å². The minimum absolute atomic E-state index is 0.466. The van der Waals surface area contributed by atoms with E-state index in [1.165, 1.54) is 25.1 Å². The third-order valence-electron chi connectivity index (χ3n) is 3.92. The fourth-order valence-electron chi connectivity index (χ4n) is 2.72. The van der Waals surface area contributed by atoms with Crippen molar-refractivity contribution in [2.24, 2.45) is 11.7 Å². The predicted molar refractivity (Wildman–Crippen MR) is 85.8 cm³/mol. The third-order valence-corrected chi connectivity index (χ3v) is 4.14. The van der Waals surface area contributed by atoms with Crippen LogP contribution < -0.4 is 11.1 Å². The second kappa shape index (κ2) is 6.35. The minimum atomic E-state index is 0.466. The number of rotatable bonds is 5. The second-order valence-corrected chi connectivity index (χ2v) is 5.73. The summed E-state index contributed by atoms with van der Waals surface area (Å²) in [6, 6.07) is 6.09. The van der Waals surface area contributed by atoms with Crippen LogP contribution in [0.2, 0.25) is 0 Å². The molecule has 1 saturated heterocycles. The number of hydrogen-bond acceptors (Lipinski definition) is 3. The fraction of sp³-hybridized carbons (Fsp3) is 0.533. The van der Waals surface area contributed by atoms with Crippen molar-refractivity contribution in [2.75, 3.05) is 31.5 Å². The van der Waals surface area contributed by atoms with Crippen LogP contribution in [-0.4, -0.2) is 36.1 Å². The lowest BCUT2D eigenvalue weighted by molar-refractivity contribution is 0.345. The van der Waals surface area contributed by atoms with Gasteiger partial charge in [-0.15, -0.1) is 0 Å². The van der Waals surface area contributed by atoms with Gasteiger partial charge in [-0.2, -0.15) is 0 Å². The Morgan fingerprint density at radius 3 is 2.95 bits per heavy atom. The molecule has 0 spiro atoms. The van der Waals surface area contributed by atoms with Gasteiger partial charge in [0, 0.05) is 24.3 Å². The monoisotopic (exact) mass is 277 g/mol. The molecule has 0 aliphatic carbocycles. The first-order valence-electron chi connectivity index (χ1n) is 6.97. The molecular weight excluding hydrogens is 254 g/mol. The zero-order valence-electron chi connectivity index (χ0n) is 11.8. The molecule has 0 bridgehead atoms. The van der Waals surface area contributed by atoms with Crippen LogP contribution in [0.5, 0.6) is 0 Å². The van der Waals surface area contributed by atoms with Crippen molar-refractivity contribution >= 4 is 22.9 Å². The summed E-state index contributed by atoms with van der Waals surface area (Å²) in [5.41, 5.74) is 9.06. The number of aryl methyl sites for hydroxylation is 1. The lowest BCUT2D eigenvalue weighted by atomic mass is 10.1. The first-order chi connectivity index (χ1) is 9.11. The van der Waals surface area contributed by atoms with Crippen molar-refractivity contribution in [2.45, 2.75) is 20.3 Å². The fourth-order valence-corrected chi connectivity index (χ4v) is 2.89. The summed E-state index contributed by atoms with van der Waals surface area (Å²) in [6.45, 7) is 8.88. The second-order valence-electron chi connectivity index (χ2n) is 5.29. The van der Waals surface area contributed by atoms with Crippen molar-refractivity contribution < 1.29 is 0 Å². The van der Waals surface area contributed by atoms with E-state index in [1.54, 1.807) is 0 Å². The zero-order chi connectivity index (χ0) is 13.8. The average Bonchev–Trinajstić information content (AvgIpc) is 2.85. The Labute approximate surface area is 121 Å². The topological polar surface area (TPSA) is 41.3 Å². The van der Waals surface area contributed by atoms with Gasteiger partial charge in [-0.25, -0.2) is 0 Å². The molecule has 4 heteroatoms. The van der Waals surface area contributed by atoms with Gasteiger partial charge in [-0.1, -0.05) is 31.3 Å². The van der Waals surface area contributed by atoms with Crippen LogP contribution in [0.3, 0.4) is 0 Å². The Kier molecular flexibility index (Phi) is 4.77. The number of nitrogens with zero attached hydrogens (tertiary/aromatic N) is 1. The van der Waals surface area contributed by atoms with Gasteiger partial charge in [0.15, 0.2) is 0 Å². The SMILES string of the molecule is CCN1CCC(CNc2c(C)cccc2C(N)=S)C1. The van der Waals surface area contributed by atoms with Crippen LogP contribution in [0.4, 0.5) is 5.69 Å². The maximum atomic E-state index is 5.79. The molecule has 104 valence electrons. The first-order valence-corrected chi connectivity index (χ1v) is 7.38. The highest BCUT2D eigenvalue weighted by Crippen LogP contribution is 2.22. The molecule has 19 heavy (non-hydrogen) atoms. The summed E-state index contributed by atoms with van der Waals surface area (Å²) in [5.74, 6) is 0.721. The molecule has 3 nitrogen and oxygen atoms in total. The Morgan fingerprint density at radius 1 is 1.53 bits per heavy atom. The summed E-state index contributed by atoms with van der Waals surface area (Å²) in [7, 11) is 0. The first kappa shape index (κ1) is 14.3. The van der Waals surface area contributed by atoms with Gasteiger partial charge in [-0.3, -0.25) is 0 Å². The van der Waals surface area contributed by atoms with Gasteiger partial charge in [0.1, 0.15) is 4.99 Å². The average molecular weight is 277 g/mol. The number of hydrogen-bond donors (Lipinski definition) is 2. The Hall–Kier alpha value is -1.13. The van der Waals surface area contributed by atoms with Crippen molar-refractivity contribution in [3.05, 3.63) is 29.3 Å². The van der Waals surface area contributed by atoms with E-state index < -0.39 is 0 Å². The molecule has 1 unspecified atom stereocenters. The van der Waals surface area contributed by atoms with Crippen LogP contribution in [0.15, 0.2) is 18.2 Å². The summed E-state index contributed by atoms with van der Waals surface area (Å²) in [4.78, 5) is 2.96. The van der Waals surface area contributed by atoms with Gasteiger partial charge in [0.05, 0.1) is 0 Å². The van der Waals surface area contributed by atoms with Gasteiger partial charge >= 0.3 is 0 Å². The lowest BCUT2D eigenvalue weighted by Crippen LogP contribution is -2.23. The van der Waals surface area contributed by atoms with Crippen LogP contribution in [0.1, 0.15) is 24.5 Å². The van der Waals surface area contributed by atoms with Gasteiger partial charge < -0.3 is 16.0 Å². The molecule has 2 rings (SSSR count). The van der Waals surface area contributed by atoms with E-state index in [0.29, 0.717) is 4.99 Å². The summed E-state index contributed by atoms with van der Waals surface area (Å²) >= 11 is 5.13. The quantitative estimate of drug-likeness (QED) is 0.811. The molecule has 0 radical (unpaired) electrons. The van der Waals surface area contributed by atoms with Crippen LogP contribution in [0, 0.1) is 12.8 Å². The van der Waals surface area contributed by atoms with E-state index in [2.05, 4.69) is 30.1 Å². The van der Waals surface area contributed by atoms with Crippen molar-refractivity contribution in [3.63, 3.8) is 0 Å². The third kappa shape index (κ3) is 3.45. The smallest absolute Gasteiger partial charge is 0.106 e. The number of nitrogens with one attached hydrogen (secondary N) is 1. The number of nitrogens with two attached hydrogens (primary N) is 1. The van der Waals surface area contributed by atoms with Crippen molar-refractivity contribution in [1.29, 1.82) is 0 Å².